The second-order valence-electron chi connectivity index (χ2n) is 27.8. The summed E-state index contributed by atoms with van der Waals surface area (Å²) in [5.74, 6) is 6.34. The average molecular weight is 1400 g/mol. The zero-order chi connectivity index (χ0) is 69.3. The highest BCUT2D eigenvalue weighted by Gasteiger charge is 2.34. The van der Waals surface area contributed by atoms with Crippen molar-refractivity contribution in [3.63, 3.8) is 0 Å². The molecule has 3 aliphatic heterocycles. The molecule has 1 N–H and O–H groups in total. The monoisotopic (exact) mass is 1400 g/mol. The number of nitrogens with zero attached hydrogens (tertiary/aromatic N) is 3. The summed E-state index contributed by atoms with van der Waals surface area (Å²) in [6, 6.07) is 66.6. The van der Waals surface area contributed by atoms with E-state index in [1.165, 1.54) is 70.2 Å². The topological polar surface area (TPSA) is 127 Å². The maximum absolute atomic E-state index is 14.6. The largest absolute Gasteiger partial charge is 0.508 e. The molecule has 0 aliphatic carbocycles. The van der Waals surface area contributed by atoms with Crippen LogP contribution in [-0.2, 0) is 19.3 Å². The Labute approximate surface area is 601 Å². The zero-order valence-corrected chi connectivity index (χ0v) is 59.9. The molecule has 12 nitrogen and oxygen atoms in total. The van der Waals surface area contributed by atoms with E-state index < -0.39 is 0 Å². The third kappa shape index (κ3) is 15.1. The number of hydrogen-bond acceptors (Lipinski definition) is 15. The lowest BCUT2D eigenvalue weighted by Gasteiger charge is -2.18. The van der Waals surface area contributed by atoms with Crippen LogP contribution in [0.1, 0.15) is 101 Å². The molecule has 0 bridgehead atoms. The number of ether oxygens (including phenoxy) is 5. The Kier molecular flexibility index (Phi) is 19.8. The van der Waals surface area contributed by atoms with Crippen LogP contribution in [0.15, 0.2) is 206 Å². The van der Waals surface area contributed by atoms with Crippen LogP contribution in [0.4, 0.5) is 0 Å². The first-order valence-electron chi connectivity index (χ1n) is 35.2. The van der Waals surface area contributed by atoms with Crippen LogP contribution >= 0.6 is 34.0 Å². The maximum atomic E-state index is 14.6. The SMILES string of the molecule is Cc1ccc(C(=O)c2sc3cc(O)ccc3c2Oc2ccc(CCN3CC(Oc4ccc5c(Oc6ccc(CCN7CC(Oc8ccc9c(Oc%10ccc(CCN%11CC[C@H](C)C%11)cc%10)c(C(=O)c%10ccccc%10)sc9c8)[C@H](C)C7)cc6)c(C(=O)c6ccccc6C)sc5c4)[C@H](C)C3)cc2)cc1. The molecule has 0 saturated carbocycles. The maximum Gasteiger partial charge on any atom is 0.207 e. The molecule has 6 heterocycles. The fraction of sp³-hybridized carbons (Fsp3) is 0.267. The number of thiophene rings is 3. The van der Waals surface area contributed by atoms with Crippen LogP contribution in [0, 0.1) is 31.6 Å². The van der Waals surface area contributed by atoms with Crippen molar-refractivity contribution in [2.45, 2.75) is 72.5 Å². The van der Waals surface area contributed by atoms with E-state index in [4.69, 9.17) is 23.7 Å². The molecule has 15 rings (SSSR count). The summed E-state index contributed by atoms with van der Waals surface area (Å²) in [5, 5.41) is 12.8. The van der Waals surface area contributed by atoms with Gasteiger partial charge in [0.2, 0.25) is 17.3 Å². The number of ketones is 3. The molecular weight excluding hydrogens is 1320 g/mol. The lowest BCUT2D eigenvalue weighted by atomic mass is 10.0. The molecule has 3 saturated heterocycles. The molecule has 0 amide bonds. The van der Waals surface area contributed by atoms with E-state index in [2.05, 4.69) is 84.0 Å². The molecule has 9 aromatic carbocycles. The van der Waals surface area contributed by atoms with Gasteiger partial charge in [0.05, 0.1) is 0 Å². The number of rotatable bonds is 25. The average Bonchev–Trinajstić information content (AvgIpc) is 1.56. The Morgan fingerprint density at radius 2 is 0.842 bits per heavy atom. The van der Waals surface area contributed by atoms with Crippen molar-refractivity contribution in [1.82, 2.24) is 14.7 Å². The number of phenols is 1. The minimum atomic E-state index is -0.121. The third-order valence-electron chi connectivity index (χ3n) is 20.1. The summed E-state index contributed by atoms with van der Waals surface area (Å²) in [5.41, 5.74) is 7.45. The Morgan fingerprint density at radius 3 is 1.31 bits per heavy atom. The van der Waals surface area contributed by atoms with Gasteiger partial charge in [-0.2, -0.15) is 0 Å². The van der Waals surface area contributed by atoms with Gasteiger partial charge < -0.3 is 33.7 Å². The normalized spacial score (nSPS) is 18.0. The summed E-state index contributed by atoms with van der Waals surface area (Å²) < 4.78 is 36.2. The van der Waals surface area contributed by atoms with Crippen molar-refractivity contribution in [3.8, 4) is 51.7 Å². The van der Waals surface area contributed by atoms with Gasteiger partial charge in [0, 0.05) is 111 Å². The summed E-state index contributed by atoms with van der Waals surface area (Å²) in [4.78, 5) is 51.7. The van der Waals surface area contributed by atoms with Crippen LogP contribution in [0.5, 0.6) is 51.7 Å². The number of phenolic OH excluding ortho intramolecular Hbond substituents is 1. The molecular formula is C86H81N3O9S3. The van der Waals surface area contributed by atoms with Gasteiger partial charge in [-0.05, 0) is 165 Å². The fourth-order valence-corrected chi connectivity index (χ4v) is 17.6. The van der Waals surface area contributed by atoms with E-state index in [0.717, 1.165) is 124 Å². The van der Waals surface area contributed by atoms with Crippen molar-refractivity contribution in [3.05, 3.63) is 265 Å². The van der Waals surface area contributed by atoms with Gasteiger partial charge >= 0.3 is 0 Å². The van der Waals surface area contributed by atoms with Crippen LogP contribution in [-0.4, -0.2) is 108 Å². The van der Waals surface area contributed by atoms with Crippen molar-refractivity contribution in [2.24, 2.45) is 17.8 Å². The molecule has 2 unspecified atom stereocenters. The Morgan fingerprint density at radius 1 is 0.426 bits per heavy atom. The van der Waals surface area contributed by atoms with E-state index >= 15 is 0 Å². The molecule has 5 atom stereocenters. The van der Waals surface area contributed by atoms with Crippen molar-refractivity contribution in [1.29, 1.82) is 0 Å². The van der Waals surface area contributed by atoms with Crippen LogP contribution in [0.3, 0.4) is 0 Å². The van der Waals surface area contributed by atoms with Gasteiger partial charge in [-0.25, -0.2) is 0 Å². The number of hydrogen-bond donors (Lipinski definition) is 1. The quantitative estimate of drug-likeness (QED) is 0.0547. The van der Waals surface area contributed by atoms with E-state index in [-0.39, 0.29) is 41.2 Å². The highest BCUT2D eigenvalue weighted by Crippen LogP contribution is 2.47. The van der Waals surface area contributed by atoms with Crippen LogP contribution in [0.2, 0.25) is 0 Å². The molecule has 101 heavy (non-hydrogen) atoms. The first-order chi connectivity index (χ1) is 49.1. The molecule has 0 radical (unpaired) electrons. The predicted octanol–water partition coefficient (Wildman–Crippen LogP) is 19.5. The Hall–Kier alpha value is -9.45. The lowest BCUT2D eigenvalue weighted by molar-refractivity contribution is 0.103. The number of likely N-dealkylation sites (tertiary alicyclic amines) is 3. The number of fused-ring (bicyclic) bond motifs is 3. The van der Waals surface area contributed by atoms with Gasteiger partial charge in [0.25, 0.3) is 0 Å². The summed E-state index contributed by atoms with van der Waals surface area (Å²) in [6.07, 6.45) is 3.91. The highest BCUT2D eigenvalue weighted by atomic mass is 32.1. The van der Waals surface area contributed by atoms with E-state index in [1.54, 1.807) is 18.2 Å². The molecule has 3 fully saturated rings. The van der Waals surface area contributed by atoms with E-state index in [9.17, 15) is 19.5 Å². The van der Waals surface area contributed by atoms with Crippen molar-refractivity contribution < 1.29 is 43.2 Å². The first-order valence-corrected chi connectivity index (χ1v) is 37.6. The Bertz CT molecular complexity index is 4990. The molecule has 0 spiro atoms. The molecule has 512 valence electrons. The van der Waals surface area contributed by atoms with E-state index in [1.807, 2.05) is 153 Å². The van der Waals surface area contributed by atoms with Crippen LogP contribution < -0.4 is 23.7 Å². The fourth-order valence-electron chi connectivity index (χ4n) is 14.3. The van der Waals surface area contributed by atoms with Gasteiger partial charge in [-0.1, -0.05) is 142 Å². The van der Waals surface area contributed by atoms with Crippen LogP contribution in [0.25, 0.3) is 30.3 Å². The third-order valence-corrected chi connectivity index (χ3v) is 23.5. The second kappa shape index (κ2) is 29.6. The Balaban J connectivity index is 0.569. The molecule has 3 aromatic heterocycles. The minimum Gasteiger partial charge on any atom is -0.508 e. The number of carbonyl (C=O) groups excluding carboxylic acids is 3. The zero-order valence-electron chi connectivity index (χ0n) is 57.5. The molecule has 12 aromatic rings. The van der Waals surface area contributed by atoms with Crippen molar-refractivity contribution >= 4 is 81.6 Å². The van der Waals surface area contributed by atoms with Gasteiger partial charge in [0.15, 0.2) is 17.2 Å². The summed E-state index contributed by atoms with van der Waals surface area (Å²) >= 11 is 4.21. The number of benzene rings is 9. The first kappa shape index (κ1) is 67.4. The van der Waals surface area contributed by atoms with Gasteiger partial charge in [0.1, 0.15) is 61.3 Å². The molecule has 15 heteroatoms. The number of aromatic hydroxyl groups is 1. The predicted molar refractivity (Wildman–Crippen MR) is 407 cm³/mol. The van der Waals surface area contributed by atoms with E-state index in [0.29, 0.717) is 71.7 Å². The van der Waals surface area contributed by atoms with Crippen molar-refractivity contribution in [2.75, 3.05) is 58.9 Å². The standard InChI is InChI=1S/C86H81N3O9S3/c1-53-15-23-62(24-16-53)79(92)85-81(70-34-25-63(90)45-75(70)99-85)96-64-28-19-59(20-29-64)39-43-89-50-57(5)74(52-89)95-68-33-36-72-77(47-68)101-86(80(93)69-14-10-9-11-55(69)3)83(72)98-66-30-21-60(22-31-66)40-44-88-49-56(4)73(51-88)94-67-32-35-71-76(46-67)100-84(78(91)61-12-7-6-8-13-61)82(71)97-65-26-17-58(18-27-65)38-42-87-41-37-54(2)48-87/h6-36,45-47,54,56-57,73-74,90H,37-44,48-52H2,1-5H3/t54-,56+,57+,73?,74?/m0/s1. The summed E-state index contributed by atoms with van der Waals surface area (Å²) in [7, 11) is 0. The van der Waals surface area contributed by atoms with Gasteiger partial charge in [-0.15, -0.1) is 34.0 Å². The number of carbonyl (C=O) groups is 3. The van der Waals surface area contributed by atoms with Gasteiger partial charge in [-0.3, -0.25) is 24.2 Å². The smallest absolute Gasteiger partial charge is 0.207 e. The summed E-state index contributed by atoms with van der Waals surface area (Å²) in [6.45, 7) is 19.3. The highest BCUT2D eigenvalue weighted by molar-refractivity contribution is 7.22. The number of aryl methyl sites for hydroxylation is 2. The lowest BCUT2D eigenvalue weighted by Crippen LogP contribution is -2.27. The second-order valence-corrected chi connectivity index (χ2v) is 30.9. The molecule has 3 aliphatic rings. The minimum absolute atomic E-state index is 0.0106.